The van der Waals surface area contributed by atoms with Gasteiger partial charge in [-0.15, -0.1) is 0 Å². The van der Waals surface area contributed by atoms with E-state index in [1.54, 1.807) is 6.07 Å². The van der Waals surface area contributed by atoms with Crippen LogP contribution in [0.4, 0.5) is 10.2 Å². The number of hydrogen-bond donors (Lipinski definition) is 2. The second-order valence-corrected chi connectivity index (χ2v) is 7.12. The van der Waals surface area contributed by atoms with E-state index in [2.05, 4.69) is 49.5 Å². The zero-order valence-corrected chi connectivity index (χ0v) is 17.4. The maximum Gasteiger partial charge on any atom is 0.191 e. The number of aliphatic imine (C=N–C) groups is 1. The van der Waals surface area contributed by atoms with Gasteiger partial charge >= 0.3 is 0 Å². The number of aromatic nitrogens is 1. The maximum absolute atomic E-state index is 13.3. The van der Waals surface area contributed by atoms with Crippen molar-refractivity contribution < 1.29 is 4.39 Å². The average molecular weight is 399 g/mol. The molecule has 0 saturated carbocycles. The van der Waals surface area contributed by atoms with Crippen LogP contribution in [0.15, 0.2) is 47.6 Å². The van der Waals surface area contributed by atoms with Crippen LogP contribution in [0, 0.1) is 5.82 Å². The molecule has 1 aliphatic rings. The first kappa shape index (κ1) is 21.0. The summed E-state index contributed by atoms with van der Waals surface area (Å²) in [7, 11) is 0. The number of rotatable bonds is 7. The molecule has 0 radical (unpaired) electrons. The van der Waals surface area contributed by atoms with Crippen molar-refractivity contribution in [2.75, 3.05) is 44.2 Å². The second kappa shape index (κ2) is 10.8. The highest BCUT2D eigenvalue weighted by Gasteiger charge is 2.16. The predicted octanol–water partition coefficient (Wildman–Crippen LogP) is 2.62. The second-order valence-electron chi connectivity index (χ2n) is 7.12. The van der Waals surface area contributed by atoms with Crippen molar-refractivity contribution in [2.24, 2.45) is 4.99 Å². The monoisotopic (exact) mass is 398 g/mol. The molecular formula is C22H31FN6. The highest BCUT2D eigenvalue weighted by molar-refractivity contribution is 5.79. The van der Waals surface area contributed by atoms with E-state index in [0.29, 0.717) is 19.0 Å². The van der Waals surface area contributed by atoms with Gasteiger partial charge in [-0.2, -0.15) is 0 Å². The maximum atomic E-state index is 13.3. The molecule has 1 aromatic carbocycles. The van der Waals surface area contributed by atoms with Crippen LogP contribution in [-0.4, -0.2) is 55.1 Å². The molecule has 0 spiro atoms. The largest absolute Gasteiger partial charge is 0.357 e. The fraction of sp³-hybridized carbons (Fsp3) is 0.455. The Hall–Kier alpha value is -2.67. The van der Waals surface area contributed by atoms with Gasteiger partial charge in [0.25, 0.3) is 0 Å². The summed E-state index contributed by atoms with van der Waals surface area (Å²) in [6.07, 6.45) is 1.90. The molecule has 1 saturated heterocycles. The number of pyridine rings is 1. The lowest BCUT2D eigenvalue weighted by Crippen LogP contribution is -2.46. The van der Waals surface area contributed by atoms with Crippen LogP contribution < -0.4 is 15.5 Å². The number of anilines is 1. The average Bonchev–Trinajstić information content (AvgIpc) is 2.76. The number of nitrogens with one attached hydrogen (secondary N) is 2. The Kier molecular flexibility index (Phi) is 7.81. The van der Waals surface area contributed by atoms with Gasteiger partial charge in [0, 0.05) is 45.5 Å². The number of guanidine groups is 1. The van der Waals surface area contributed by atoms with Crippen LogP contribution in [0.1, 0.15) is 25.0 Å². The molecule has 2 aromatic rings. The van der Waals surface area contributed by atoms with Crippen LogP contribution in [0.5, 0.6) is 0 Å². The highest BCUT2D eigenvalue weighted by Crippen LogP contribution is 2.14. The molecule has 1 aromatic heterocycles. The van der Waals surface area contributed by atoms with Gasteiger partial charge in [-0.1, -0.05) is 25.1 Å². The number of halogens is 1. The molecule has 1 aliphatic heterocycles. The first-order chi connectivity index (χ1) is 14.2. The Balaban J connectivity index is 1.54. The Labute approximate surface area is 172 Å². The van der Waals surface area contributed by atoms with Gasteiger partial charge < -0.3 is 20.4 Å². The zero-order chi connectivity index (χ0) is 20.5. The molecule has 6 nitrogen and oxygen atoms in total. The minimum Gasteiger partial charge on any atom is -0.357 e. The number of hydrogen-bond acceptors (Lipinski definition) is 4. The molecule has 0 unspecified atom stereocenters. The predicted molar refractivity (Wildman–Crippen MR) is 117 cm³/mol. The van der Waals surface area contributed by atoms with Crippen LogP contribution >= 0.6 is 0 Å². The molecule has 0 bridgehead atoms. The molecule has 0 aliphatic carbocycles. The van der Waals surface area contributed by atoms with E-state index in [-0.39, 0.29) is 5.82 Å². The molecule has 0 amide bonds. The fourth-order valence-electron chi connectivity index (χ4n) is 3.34. The van der Waals surface area contributed by atoms with Gasteiger partial charge in [-0.05, 0) is 42.8 Å². The summed E-state index contributed by atoms with van der Waals surface area (Å²) in [6.45, 7) is 11.4. The molecule has 3 rings (SSSR count). The minimum atomic E-state index is -0.228. The van der Waals surface area contributed by atoms with E-state index < -0.39 is 0 Å². The third kappa shape index (κ3) is 6.42. The Morgan fingerprint density at radius 3 is 2.55 bits per heavy atom. The van der Waals surface area contributed by atoms with Crippen molar-refractivity contribution in [2.45, 2.75) is 26.9 Å². The Morgan fingerprint density at radius 1 is 1.07 bits per heavy atom. The molecule has 2 N–H and O–H groups in total. The van der Waals surface area contributed by atoms with Crippen molar-refractivity contribution in [3.8, 4) is 0 Å². The number of piperazine rings is 1. The van der Waals surface area contributed by atoms with Gasteiger partial charge in [0.1, 0.15) is 11.6 Å². The summed E-state index contributed by atoms with van der Waals surface area (Å²) in [5.41, 5.74) is 1.94. The molecule has 1 fully saturated rings. The Bertz CT molecular complexity index is 784. The van der Waals surface area contributed by atoms with E-state index in [4.69, 9.17) is 0 Å². The molecular weight excluding hydrogens is 367 g/mol. The summed E-state index contributed by atoms with van der Waals surface area (Å²) in [6, 6.07) is 10.8. The van der Waals surface area contributed by atoms with Crippen LogP contribution in [0.2, 0.25) is 0 Å². The van der Waals surface area contributed by atoms with E-state index in [0.717, 1.165) is 56.2 Å². The first-order valence-electron chi connectivity index (χ1n) is 10.4. The van der Waals surface area contributed by atoms with Crippen molar-refractivity contribution in [3.63, 3.8) is 0 Å². The third-order valence-corrected chi connectivity index (χ3v) is 5.07. The summed E-state index contributed by atoms with van der Waals surface area (Å²) < 4.78 is 13.3. The quantitative estimate of drug-likeness (QED) is 0.555. The number of nitrogens with zero attached hydrogens (tertiary/aromatic N) is 4. The number of benzene rings is 1. The lowest BCUT2D eigenvalue weighted by molar-refractivity contribution is 0.270. The molecule has 7 heteroatoms. The van der Waals surface area contributed by atoms with Gasteiger partial charge in [-0.3, -0.25) is 0 Å². The smallest absolute Gasteiger partial charge is 0.191 e. The highest BCUT2D eigenvalue weighted by atomic mass is 19.1. The van der Waals surface area contributed by atoms with Crippen LogP contribution in [0.25, 0.3) is 0 Å². The molecule has 2 heterocycles. The topological polar surface area (TPSA) is 55.8 Å². The van der Waals surface area contributed by atoms with Gasteiger partial charge in [0.15, 0.2) is 5.96 Å². The summed E-state index contributed by atoms with van der Waals surface area (Å²) >= 11 is 0. The van der Waals surface area contributed by atoms with Crippen LogP contribution in [-0.2, 0) is 13.1 Å². The van der Waals surface area contributed by atoms with Crippen molar-refractivity contribution in [3.05, 3.63) is 59.5 Å². The standard InChI is InChI=1S/C22H31FN6/c1-3-24-22(26-15-18-6-5-7-20(23)14-18)27-17-19-8-9-21(25-16-19)29-12-10-28(4-2)11-13-29/h5-9,14,16H,3-4,10-13,15,17H2,1-2H3,(H2,24,26,27). The van der Waals surface area contributed by atoms with Gasteiger partial charge in [-0.25, -0.2) is 14.4 Å². The van der Waals surface area contributed by atoms with E-state index in [1.807, 2.05) is 19.2 Å². The first-order valence-corrected chi connectivity index (χ1v) is 10.4. The summed E-state index contributed by atoms with van der Waals surface area (Å²) in [4.78, 5) is 14.1. The van der Waals surface area contributed by atoms with E-state index in [1.165, 1.54) is 12.1 Å². The fourth-order valence-corrected chi connectivity index (χ4v) is 3.34. The minimum absolute atomic E-state index is 0.228. The van der Waals surface area contributed by atoms with Crippen LogP contribution in [0.3, 0.4) is 0 Å². The van der Waals surface area contributed by atoms with Gasteiger partial charge in [0.2, 0.25) is 0 Å². The molecule has 29 heavy (non-hydrogen) atoms. The summed E-state index contributed by atoms with van der Waals surface area (Å²) in [5.74, 6) is 1.51. The summed E-state index contributed by atoms with van der Waals surface area (Å²) in [5, 5.41) is 6.47. The normalized spacial score (nSPS) is 15.4. The molecule has 156 valence electrons. The van der Waals surface area contributed by atoms with Gasteiger partial charge in [0.05, 0.1) is 6.54 Å². The Morgan fingerprint density at radius 2 is 1.90 bits per heavy atom. The van der Waals surface area contributed by atoms with Crippen molar-refractivity contribution in [1.82, 2.24) is 20.5 Å². The SMILES string of the molecule is CCNC(=NCc1ccc(N2CCN(CC)CC2)nc1)NCc1cccc(F)c1. The lowest BCUT2D eigenvalue weighted by Gasteiger charge is -2.34. The van der Waals surface area contributed by atoms with E-state index in [9.17, 15) is 4.39 Å². The zero-order valence-electron chi connectivity index (χ0n) is 17.4. The number of likely N-dealkylation sites (N-methyl/N-ethyl adjacent to an activating group) is 1. The van der Waals surface area contributed by atoms with E-state index >= 15 is 0 Å². The third-order valence-electron chi connectivity index (χ3n) is 5.07. The lowest BCUT2D eigenvalue weighted by atomic mass is 10.2. The van der Waals surface area contributed by atoms with Crippen molar-refractivity contribution >= 4 is 11.8 Å². The van der Waals surface area contributed by atoms with Crippen molar-refractivity contribution in [1.29, 1.82) is 0 Å². The molecule has 0 atom stereocenters.